The van der Waals surface area contributed by atoms with Crippen molar-refractivity contribution in [1.82, 2.24) is 15.5 Å². The van der Waals surface area contributed by atoms with Crippen LogP contribution < -0.4 is 9.62 Å². The first-order valence-corrected chi connectivity index (χ1v) is 10.8. The zero-order chi connectivity index (χ0) is 18.9. The summed E-state index contributed by atoms with van der Waals surface area (Å²) in [5.41, 5.74) is 2.83. The lowest BCUT2D eigenvalue weighted by Crippen LogP contribution is -2.37. The number of H-pyrrole nitrogens is 1. The Morgan fingerprint density at radius 2 is 2.12 bits per heavy atom. The van der Waals surface area contributed by atoms with Crippen LogP contribution in [0.2, 0.25) is 0 Å². The maximum Gasteiger partial charge on any atom is 0.272 e. The summed E-state index contributed by atoms with van der Waals surface area (Å²) in [5, 5.41) is 9.49. The third-order valence-electron chi connectivity index (χ3n) is 4.35. The average molecular weight is 441 g/mol. The SMILES string of the molecule is CC(C)c1[nH]nc(C(=O)NCCS(=O)(=O)N2CCc3ccccc32)c1Br. The van der Waals surface area contributed by atoms with Gasteiger partial charge in [0.25, 0.3) is 5.91 Å². The minimum Gasteiger partial charge on any atom is -0.350 e. The largest absolute Gasteiger partial charge is 0.350 e. The number of sulfonamides is 1. The summed E-state index contributed by atoms with van der Waals surface area (Å²) in [7, 11) is -3.49. The molecule has 7 nitrogen and oxygen atoms in total. The summed E-state index contributed by atoms with van der Waals surface area (Å²) in [6.45, 7) is 4.44. The third-order valence-corrected chi connectivity index (χ3v) is 6.92. The van der Waals surface area contributed by atoms with Gasteiger partial charge in [0.1, 0.15) is 0 Å². The van der Waals surface area contributed by atoms with E-state index in [9.17, 15) is 13.2 Å². The first-order valence-electron chi connectivity index (χ1n) is 8.41. The van der Waals surface area contributed by atoms with Crippen LogP contribution in [0.25, 0.3) is 0 Å². The highest BCUT2D eigenvalue weighted by Gasteiger charge is 2.29. The van der Waals surface area contributed by atoms with Crippen LogP contribution >= 0.6 is 15.9 Å². The minimum atomic E-state index is -3.49. The Labute approximate surface area is 161 Å². The van der Waals surface area contributed by atoms with Gasteiger partial charge < -0.3 is 5.32 Å². The van der Waals surface area contributed by atoms with Crippen LogP contribution in [0, 0.1) is 0 Å². The van der Waals surface area contributed by atoms with Crippen LogP contribution in [0.1, 0.15) is 41.5 Å². The number of aromatic nitrogens is 2. The molecule has 0 saturated carbocycles. The number of amides is 1. The molecule has 3 rings (SSSR count). The number of hydrogen-bond acceptors (Lipinski definition) is 4. The number of fused-ring (bicyclic) bond motifs is 1. The number of benzene rings is 1. The van der Waals surface area contributed by atoms with Crippen molar-refractivity contribution in [2.24, 2.45) is 0 Å². The van der Waals surface area contributed by atoms with E-state index in [4.69, 9.17) is 0 Å². The maximum atomic E-state index is 12.6. The summed E-state index contributed by atoms with van der Waals surface area (Å²) in [4.78, 5) is 12.3. The molecule has 0 aliphatic carbocycles. The molecule has 2 N–H and O–H groups in total. The highest BCUT2D eigenvalue weighted by molar-refractivity contribution is 9.10. The van der Waals surface area contributed by atoms with E-state index in [0.717, 1.165) is 16.9 Å². The molecule has 26 heavy (non-hydrogen) atoms. The van der Waals surface area contributed by atoms with E-state index in [-0.39, 0.29) is 23.9 Å². The molecule has 2 aromatic rings. The number of carbonyl (C=O) groups excluding carboxylic acids is 1. The standard InChI is InChI=1S/C17H21BrN4O3S/c1-11(2)15-14(18)16(21-20-15)17(23)19-8-10-26(24,25)22-9-7-12-5-3-4-6-13(12)22/h3-6,11H,7-10H2,1-2H3,(H,19,23)(H,20,21). The van der Waals surface area contributed by atoms with Gasteiger partial charge in [-0.05, 0) is 39.9 Å². The van der Waals surface area contributed by atoms with Crippen molar-refractivity contribution in [2.45, 2.75) is 26.2 Å². The second-order valence-electron chi connectivity index (χ2n) is 6.48. The smallest absolute Gasteiger partial charge is 0.272 e. The third kappa shape index (κ3) is 3.64. The number of halogens is 1. The summed E-state index contributed by atoms with van der Waals surface area (Å²) in [5.74, 6) is -0.377. The summed E-state index contributed by atoms with van der Waals surface area (Å²) in [6.07, 6.45) is 0.708. The number of nitrogens with one attached hydrogen (secondary N) is 2. The van der Waals surface area contributed by atoms with Crippen molar-refractivity contribution < 1.29 is 13.2 Å². The van der Waals surface area contributed by atoms with E-state index in [2.05, 4.69) is 31.4 Å². The first-order chi connectivity index (χ1) is 12.3. The van der Waals surface area contributed by atoms with E-state index in [1.165, 1.54) is 4.31 Å². The number of hydrogen-bond donors (Lipinski definition) is 2. The molecule has 2 heterocycles. The number of aromatic amines is 1. The van der Waals surface area contributed by atoms with Gasteiger partial charge in [-0.2, -0.15) is 5.10 Å². The fraction of sp³-hybridized carbons (Fsp3) is 0.412. The molecule has 1 amide bonds. The minimum absolute atomic E-state index is 0.0240. The first kappa shape index (κ1) is 18.9. The Kier molecular flexibility index (Phi) is 5.38. The predicted octanol–water partition coefficient (Wildman–Crippen LogP) is 2.42. The molecule has 0 radical (unpaired) electrons. The maximum absolute atomic E-state index is 12.6. The van der Waals surface area contributed by atoms with Gasteiger partial charge in [-0.1, -0.05) is 32.0 Å². The Hall–Kier alpha value is -1.87. The van der Waals surface area contributed by atoms with Gasteiger partial charge in [0.05, 0.1) is 21.6 Å². The molecule has 1 aromatic heterocycles. The fourth-order valence-corrected chi connectivity index (χ4v) is 5.20. The van der Waals surface area contributed by atoms with Gasteiger partial charge in [0.15, 0.2) is 5.69 Å². The molecular weight excluding hydrogens is 420 g/mol. The Balaban J connectivity index is 1.62. The molecule has 9 heteroatoms. The summed E-state index contributed by atoms with van der Waals surface area (Å²) >= 11 is 3.37. The predicted molar refractivity (Wildman–Crippen MR) is 104 cm³/mol. The normalized spacial score (nSPS) is 13.9. The highest BCUT2D eigenvalue weighted by atomic mass is 79.9. The van der Waals surface area contributed by atoms with Gasteiger partial charge in [0.2, 0.25) is 10.0 Å². The molecule has 0 spiro atoms. The van der Waals surface area contributed by atoms with Crippen molar-refractivity contribution in [3.05, 3.63) is 45.7 Å². The molecule has 1 aliphatic heterocycles. The van der Waals surface area contributed by atoms with E-state index in [1.54, 1.807) is 0 Å². The van der Waals surface area contributed by atoms with Crippen molar-refractivity contribution in [3.63, 3.8) is 0 Å². The molecular formula is C17H21BrN4O3S. The number of anilines is 1. The zero-order valence-corrected chi connectivity index (χ0v) is 17.0. The van der Waals surface area contributed by atoms with Crippen LogP contribution in [-0.2, 0) is 16.4 Å². The average Bonchev–Trinajstić information content (AvgIpc) is 3.18. The van der Waals surface area contributed by atoms with Gasteiger partial charge >= 0.3 is 0 Å². The van der Waals surface area contributed by atoms with E-state index < -0.39 is 15.9 Å². The topological polar surface area (TPSA) is 95.2 Å². The second kappa shape index (κ2) is 7.40. The van der Waals surface area contributed by atoms with Gasteiger partial charge in [0, 0.05) is 13.1 Å². The molecule has 1 aliphatic rings. The van der Waals surface area contributed by atoms with Gasteiger partial charge in [-0.3, -0.25) is 14.2 Å². The van der Waals surface area contributed by atoms with Crippen LogP contribution in [0.4, 0.5) is 5.69 Å². The quantitative estimate of drug-likeness (QED) is 0.720. The van der Waals surface area contributed by atoms with Crippen molar-refractivity contribution in [3.8, 4) is 0 Å². The Bertz CT molecular complexity index is 924. The lowest BCUT2D eigenvalue weighted by Gasteiger charge is -2.19. The number of rotatable bonds is 6. The summed E-state index contributed by atoms with van der Waals surface area (Å²) in [6, 6.07) is 7.49. The van der Waals surface area contributed by atoms with Gasteiger partial charge in [-0.25, -0.2) is 8.42 Å². The molecule has 0 saturated heterocycles. The van der Waals surface area contributed by atoms with E-state index in [1.807, 2.05) is 38.1 Å². The lowest BCUT2D eigenvalue weighted by molar-refractivity contribution is 0.0950. The van der Waals surface area contributed by atoms with Crippen LogP contribution in [0.3, 0.4) is 0 Å². The zero-order valence-electron chi connectivity index (χ0n) is 14.6. The lowest BCUT2D eigenvalue weighted by atomic mass is 10.1. The van der Waals surface area contributed by atoms with E-state index in [0.29, 0.717) is 17.4 Å². The Morgan fingerprint density at radius 3 is 2.81 bits per heavy atom. The fourth-order valence-electron chi connectivity index (χ4n) is 2.96. The number of para-hydroxylation sites is 1. The van der Waals surface area contributed by atoms with Crippen LogP contribution in [0.5, 0.6) is 0 Å². The van der Waals surface area contributed by atoms with E-state index >= 15 is 0 Å². The van der Waals surface area contributed by atoms with Crippen molar-refractivity contribution >= 4 is 37.5 Å². The Morgan fingerprint density at radius 1 is 1.38 bits per heavy atom. The van der Waals surface area contributed by atoms with Crippen molar-refractivity contribution in [2.75, 3.05) is 23.1 Å². The van der Waals surface area contributed by atoms with Gasteiger partial charge in [-0.15, -0.1) is 0 Å². The summed E-state index contributed by atoms with van der Waals surface area (Å²) < 4.78 is 27.3. The second-order valence-corrected chi connectivity index (χ2v) is 9.28. The molecule has 0 bridgehead atoms. The monoisotopic (exact) mass is 440 g/mol. The van der Waals surface area contributed by atoms with Crippen LogP contribution in [-0.4, -0.2) is 43.4 Å². The van der Waals surface area contributed by atoms with Crippen LogP contribution in [0.15, 0.2) is 28.7 Å². The number of carbonyl (C=O) groups is 1. The molecule has 0 atom stereocenters. The molecule has 140 valence electrons. The highest BCUT2D eigenvalue weighted by Crippen LogP contribution is 2.30. The molecule has 0 unspecified atom stereocenters. The van der Waals surface area contributed by atoms with Crippen molar-refractivity contribution in [1.29, 1.82) is 0 Å². The molecule has 1 aromatic carbocycles. The molecule has 0 fully saturated rings. The number of nitrogens with zero attached hydrogens (tertiary/aromatic N) is 2.